The molecule has 1 aliphatic heterocycles. The zero-order valence-electron chi connectivity index (χ0n) is 11.2. The maximum absolute atomic E-state index is 12.5. The third-order valence-electron chi connectivity index (χ3n) is 3.39. The van der Waals surface area contributed by atoms with Gasteiger partial charge in [0.2, 0.25) is 10.0 Å². The Morgan fingerprint density at radius 2 is 2.16 bits per heavy atom. The average Bonchev–Trinajstić information content (AvgIpc) is 2.76. The van der Waals surface area contributed by atoms with E-state index in [-0.39, 0.29) is 29.4 Å². The molecule has 1 aliphatic rings. The summed E-state index contributed by atoms with van der Waals surface area (Å²) < 4.78 is 28.1. The number of hydrogen-bond acceptors (Lipinski definition) is 4. The Balaban J connectivity index is 0.00000180. The summed E-state index contributed by atoms with van der Waals surface area (Å²) >= 11 is 0. The third kappa shape index (κ3) is 3.28. The first-order valence-electron chi connectivity index (χ1n) is 6.19. The highest BCUT2D eigenvalue weighted by molar-refractivity contribution is 7.89. The summed E-state index contributed by atoms with van der Waals surface area (Å²) in [5.74, 6) is 0. The maximum Gasteiger partial charge on any atom is 0.246 e. The molecule has 2 rings (SSSR count). The topological polar surface area (TPSA) is 81.2 Å². The van der Waals surface area contributed by atoms with Gasteiger partial charge in [-0.1, -0.05) is 6.42 Å². The second-order valence-electron chi connectivity index (χ2n) is 4.89. The van der Waals surface area contributed by atoms with Crippen LogP contribution >= 0.6 is 12.4 Å². The Morgan fingerprint density at radius 1 is 1.47 bits per heavy atom. The lowest BCUT2D eigenvalue weighted by atomic mass is 10.00. The Kier molecular flexibility index (Phi) is 5.37. The molecule has 19 heavy (non-hydrogen) atoms. The van der Waals surface area contributed by atoms with Crippen molar-refractivity contribution in [1.82, 2.24) is 14.1 Å². The van der Waals surface area contributed by atoms with E-state index in [4.69, 9.17) is 5.73 Å². The monoisotopic (exact) mass is 308 g/mol. The van der Waals surface area contributed by atoms with Gasteiger partial charge in [0.05, 0.1) is 6.20 Å². The molecule has 0 amide bonds. The molecule has 1 fully saturated rings. The van der Waals surface area contributed by atoms with E-state index in [1.807, 2.05) is 6.92 Å². The van der Waals surface area contributed by atoms with Crippen LogP contribution in [0, 0.1) is 0 Å². The molecule has 2 atom stereocenters. The van der Waals surface area contributed by atoms with Crippen molar-refractivity contribution in [2.45, 2.75) is 43.2 Å². The van der Waals surface area contributed by atoms with E-state index in [1.165, 1.54) is 21.4 Å². The number of nitrogens with zero attached hydrogens (tertiary/aromatic N) is 3. The normalized spacial score (nSPS) is 22.8. The van der Waals surface area contributed by atoms with Gasteiger partial charge in [-0.05, 0) is 19.8 Å². The van der Waals surface area contributed by atoms with Crippen LogP contribution in [0.5, 0.6) is 0 Å². The smallest absolute Gasteiger partial charge is 0.246 e. The van der Waals surface area contributed by atoms with Crippen molar-refractivity contribution in [3.8, 4) is 0 Å². The third-order valence-corrected chi connectivity index (χ3v) is 5.27. The molecule has 0 spiro atoms. The lowest BCUT2D eigenvalue weighted by Crippen LogP contribution is -2.51. The van der Waals surface area contributed by atoms with Gasteiger partial charge < -0.3 is 5.73 Å². The largest absolute Gasteiger partial charge is 0.326 e. The van der Waals surface area contributed by atoms with Gasteiger partial charge in [-0.2, -0.15) is 9.40 Å². The number of sulfonamides is 1. The van der Waals surface area contributed by atoms with Gasteiger partial charge in [-0.15, -0.1) is 12.4 Å². The van der Waals surface area contributed by atoms with Crippen molar-refractivity contribution in [3.63, 3.8) is 0 Å². The predicted molar refractivity (Wildman–Crippen MR) is 75.6 cm³/mol. The van der Waals surface area contributed by atoms with Crippen LogP contribution in [-0.2, 0) is 17.1 Å². The molecule has 8 heteroatoms. The molecular formula is C11H21ClN4O2S. The molecule has 0 aromatic carbocycles. The summed E-state index contributed by atoms with van der Waals surface area (Å²) in [6.07, 6.45) is 5.68. The van der Waals surface area contributed by atoms with Gasteiger partial charge in [-0.3, -0.25) is 4.68 Å². The Morgan fingerprint density at radius 3 is 2.68 bits per heavy atom. The quantitative estimate of drug-likeness (QED) is 0.892. The fourth-order valence-electron chi connectivity index (χ4n) is 2.42. The van der Waals surface area contributed by atoms with Crippen molar-refractivity contribution >= 4 is 22.4 Å². The lowest BCUT2D eigenvalue weighted by molar-refractivity contribution is 0.227. The number of hydrogen-bond donors (Lipinski definition) is 1. The van der Waals surface area contributed by atoms with Gasteiger partial charge in [-0.25, -0.2) is 8.42 Å². The number of rotatable bonds is 3. The van der Waals surface area contributed by atoms with Crippen LogP contribution in [0.4, 0.5) is 0 Å². The summed E-state index contributed by atoms with van der Waals surface area (Å²) in [7, 11) is -1.76. The summed E-state index contributed by atoms with van der Waals surface area (Å²) in [6.45, 7) is 2.41. The molecule has 1 aromatic heterocycles. The molecule has 110 valence electrons. The second-order valence-corrected chi connectivity index (χ2v) is 6.78. The minimum Gasteiger partial charge on any atom is -0.326 e. The first-order valence-corrected chi connectivity index (χ1v) is 7.63. The Hall–Kier alpha value is -0.630. The van der Waals surface area contributed by atoms with E-state index in [2.05, 4.69) is 5.10 Å². The van der Waals surface area contributed by atoms with Crippen LogP contribution in [0.15, 0.2) is 17.3 Å². The molecule has 2 N–H and O–H groups in total. The molecule has 2 heterocycles. The molecule has 6 nitrogen and oxygen atoms in total. The van der Waals surface area contributed by atoms with Crippen molar-refractivity contribution in [3.05, 3.63) is 12.4 Å². The van der Waals surface area contributed by atoms with E-state index < -0.39 is 10.0 Å². The van der Waals surface area contributed by atoms with Gasteiger partial charge in [0.1, 0.15) is 4.90 Å². The van der Waals surface area contributed by atoms with Gasteiger partial charge in [0, 0.05) is 31.9 Å². The summed E-state index contributed by atoms with van der Waals surface area (Å²) in [4.78, 5) is 0.248. The van der Waals surface area contributed by atoms with Crippen molar-refractivity contribution < 1.29 is 8.42 Å². The molecule has 0 aliphatic carbocycles. The van der Waals surface area contributed by atoms with E-state index in [0.717, 1.165) is 19.3 Å². The summed E-state index contributed by atoms with van der Waals surface area (Å²) in [6, 6.07) is -0.263. The lowest BCUT2D eigenvalue weighted by Gasteiger charge is -2.36. The van der Waals surface area contributed by atoms with Gasteiger partial charge in [0.15, 0.2) is 0 Å². The van der Waals surface area contributed by atoms with Crippen LogP contribution in [0.25, 0.3) is 0 Å². The van der Waals surface area contributed by atoms with Crippen LogP contribution in [0.2, 0.25) is 0 Å². The molecule has 1 saturated heterocycles. The number of aromatic nitrogens is 2. The van der Waals surface area contributed by atoms with Gasteiger partial charge >= 0.3 is 0 Å². The number of piperidine rings is 1. The Bertz CT molecular complexity index is 515. The molecule has 0 saturated carbocycles. The van der Waals surface area contributed by atoms with Crippen molar-refractivity contribution in [2.75, 3.05) is 6.54 Å². The van der Waals surface area contributed by atoms with Crippen LogP contribution in [0.1, 0.15) is 26.2 Å². The van der Waals surface area contributed by atoms with E-state index >= 15 is 0 Å². The van der Waals surface area contributed by atoms with Crippen LogP contribution in [0.3, 0.4) is 0 Å². The van der Waals surface area contributed by atoms with Crippen LogP contribution < -0.4 is 5.73 Å². The Labute approximate surface area is 120 Å². The minimum atomic E-state index is -3.47. The fourth-order valence-corrected chi connectivity index (χ4v) is 4.18. The van der Waals surface area contributed by atoms with E-state index in [1.54, 1.807) is 7.05 Å². The summed E-state index contributed by atoms with van der Waals surface area (Å²) in [5, 5.41) is 3.93. The van der Waals surface area contributed by atoms with E-state index in [0.29, 0.717) is 6.54 Å². The number of nitrogens with two attached hydrogens (primary N) is 1. The fraction of sp³-hybridized carbons (Fsp3) is 0.727. The maximum atomic E-state index is 12.5. The average molecular weight is 309 g/mol. The summed E-state index contributed by atoms with van der Waals surface area (Å²) in [5.41, 5.74) is 5.91. The van der Waals surface area contributed by atoms with Crippen molar-refractivity contribution in [2.24, 2.45) is 12.8 Å². The highest BCUT2D eigenvalue weighted by atomic mass is 35.5. The zero-order valence-corrected chi connectivity index (χ0v) is 12.8. The molecule has 2 unspecified atom stereocenters. The predicted octanol–water partition coefficient (Wildman–Crippen LogP) is 0.732. The highest BCUT2D eigenvalue weighted by Crippen LogP contribution is 2.26. The molecule has 0 bridgehead atoms. The first kappa shape index (κ1) is 16.4. The minimum absolute atomic E-state index is 0. The SMILES string of the molecule is CC(N)C1CCCCN1S(=O)(=O)c1cnn(C)c1.Cl. The number of halogens is 1. The molecular weight excluding hydrogens is 288 g/mol. The number of aryl methyl sites for hydroxylation is 1. The van der Waals surface area contributed by atoms with Crippen molar-refractivity contribution in [1.29, 1.82) is 0 Å². The standard InChI is InChI=1S/C11H20N4O2S.ClH/c1-9(12)11-5-3-4-6-15(11)18(16,17)10-7-13-14(2)8-10;/h7-9,11H,3-6,12H2,1-2H3;1H. The highest BCUT2D eigenvalue weighted by Gasteiger charge is 2.35. The van der Waals surface area contributed by atoms with Crippen LogP contribution in [-0.4, -0.2) is 41.1 Å². The first-order chi connectivity index (χ1) is 8.43. The second kappa shape index (κ2) is 6.21. The van der Waals surface area contributed by atoms with E-state index in [9.17, 15) is 8.42 Å². The molecule has 0 radical (unpaired) electrons. The zero-order chi connectivity index (χ0) is 13.3. The van der Waals surface area contributed by atoms with Gasteiger partial charge in [0.25, 0.3) is 0 Å². The molecule has 1 aromatic rings.